The smallest absolute Gasteiger partial charge is 0.303 e. The normalized spacial score (nSPS) is 31.2. The van der Waals surface area contributed by atoms with Crippen LogP contribution in [0.2, 0.25) is 0 Å². The van der Waals surface area contributed by atoms with Crippen LogP contribution in [0.25, 0.3) is 0 Å². The lowest BCUT2D eigenvalue weighted by Gasteiger charge is -2.19. The summed E-state index contributed by atoms with van der Waals surface area (Å²) in [5, 5.41) is 38.3. The maximum Gasteiger partial charge on any atom is 0.303 e. The quantitative estimate of drug-likeness (QED) is 0.509. The standard InChI is InChI=1S/C16H26O5/c1-2-3-4-5-12-13(15(19)10-14(12)18)8-6-11(17)7-9-16(20)21/h3-4,6,8,11-15,17-19H,2,5,7,9-10H2,1H3,(H,20,21)/b4-3-,8-6+/t11?,12-,13+,14-,15+/m1/s1. The molecule has 0 spiro atoms. The molecular formula is C16H26O5. The maximum absolute atomic E-state index is 10.4. The van der Waals surface area contributed by atoms with Crippen molar-refractivity contribution in [3.05, 3.63) is 24.3 Å². The summed E-state index contributed by atoms with van der Waals surface area (Å²) in [7, 11) is 0. The Kier molecular flexibility index (Phi) is 7.64. The van der Waals surface area contributed by atoms with E-state index >= 15 is 0 Å². The molecule has 0 aromatic carbocycles. The molecular weight excluding hydrogens is 272 g/mol. The van der Waals surface area contributed by atoms with Crippen LogP contribution < -0.4 is 0 Å². The number of carboxylic acids is 1. The molecule has 1 fully saturated rings. The van der Waals surface area contributed by atoms with Crippen molar-refractivity contribution in [1.29, 1.82) is 0 Å². The van der Waals surface area contributed by atoms with E-state index in [1.807, 2.05) is 19.1 Å². The van der Waals surface area contributed by atoms with Gasteiger partial charge in [0.2, 0.25) is 0 Å². The van der Waals surface area contributed by atoms with Crippen molar-refractivity contribution in [1.82, 2.24) is 0 Å². The van der Waals surface area contributed by atoms with E-state index in [1.54, 1.807) is 6.08 Å². The lowest BCUT2D eigenvalue weighted by molar-refractivity contribution is -0.137. The largest absolute Gasteiger partial charge is 0.481 e. The number of aliphatic hydroxyl groups excluding tert-OH is 3. The zero-order chi connectivity index (χ0) is 15.8. The van der Waals surface area contributed by atoms with E-state index in [4.69, 9.17) is 5.11 Å². The van der Waals surface area contributed by atoms with E-state index < -0.39 is 24.3 Å². The van der Waals surface area contributed by atoms with Gasteiger partial charge in [0, 0.05) is 18.8 Å². The Morgan fingerprint density at radius 3 is 2.62 bits per heavy atom. The first kappa shape index (κ1) is 17.9. The molecule has 1 saturated carbocycles. The summed E-state index contributed by atoms with van der Waals surface area (Å²) >= 11 is 0. The Morgan fingerprint density at radius 2 is 2.00 bits per heavy atom. The second-order valence-corrected chi connectivity index (χ2v) is 5.61. The molecule has 5 nitrogen and oxygen atoms in total. The van der Waals surface area contributed by atoms with Crippen molar-refractivity contribution in [2.75, 3.05) is 0 Å². The fourth-order valence-electron chi connectivity index (χ4n) is 2.75. The Labute approximate surface area is 125 Å². The van der Waals surface area contributed by atoms with E-state index in [2.05, 4.69) is 0 Å². The van der Waals surface area contributed by atoms with Gasteiger partial charge in [0.15, 0.2) is 0 Å². The monoisotopic (exact) mass is 298 g/mol. The minimum absolute atomic E-state index is 0.0641. The number of hydrogen-bond donors (Lipinski definition) is 4. The van der Waals surface area contributed by atoms with Gasteiger partial charge >= 0.3 is 5.97 Å². The summed E-state index contributed by atoms with van der Waals surface area (Å²) < 4.78 is 0. The van der Waals surface area contributed by atoms with Crippen LogP contribution >= 0.6 is 0 Å². The van der Waals surface area contributed by atoms with Crippen molar-refractivity contribution < 1.29 is 25.2 Å². The fourth-order valence-corrected chi connectivity index (χ4v) is 2.75. The van der Waals surface area contributed by atoms with Crippen LogP contribution in [0.5, 0.6) is 0 Å². The van der Waals surface area contributed by atoms with Gasteiger partial charge in [-0.05, 0) is 25.2 Å². The van der Waals surface area contributed by atoms with Crippen LogP contribution in [0.3, 0.4) is 0 Å². The molecule has 1 aliphatic carbocycles. The molecule has 0 saturated heterocycles. The van der Waals surface area contributed by atoms with Crippen LogP contribution in [0.1, 0.15) is 39.0 Å². The van der Waals surface area contributed by atoms with Crippen LogP contribution in [0.15, 0.2) is 24.3 Å². The Bertz CT molecular complexity index is 377. The lowest BCUT2D eigenvalue weighted by Crippen LogP contribution is -2.20. The molecule has 1 rings (SSSR count). The van der Waals surface area contributed by atoms with Gasteiger partial charge in [-0.1, -0.05) is 31.2 Å². The van der Waals surface area contributed by atoms with Crippen molar-refractivity contribution >= 4 is 5.97 Å². The number of carboxylic acid groups (broad SMARTS) is 1. The third-order valence-electron chi connectivity index (χ3n) is 3.94. The fraction of sp³-hybridized carbons (Fsp3) is 0.688. The van der Waals surface area contributed by atoms with Crippen molar-refractivity contribution in [2.45, 2.75) is 57.3 Å². The topological polar surface area (TPSA) is 98.0 Å². The van der Waals surface area contributed by atoms with E-state index in [0.29, 0.717) is 12.8 Å². The summed E-state index contributed by atoms with van der Waals surface area (Å²) in [6, 6.07) is 0. The summed E-state index contributed by atoms with van der Waals surface area (Å²) in [5.41, 5.74) is 0. The number of hydrogen-bond acceptors (Lipinski definition) is 4. The molecule has 0 bridgehead atoms. The first-order valence-electron chi connectivity index (χ1n) is 7.55. The number of allylic oxidation sites excluding steroid dienone is 2. The predicted octanol–water partition coefficient (Wildman–Crippen LogP) is 1.48. The van der Waals surface area contributed by atoms with E-state index in [9.17, 15) is 20.1 Å². The molecule has 5 atom stereocenters. The van der Waals surface area contributed by atoms with Crippen LogP contribution in [-0.2, 0) is 4.79 Å². The minimum Gasteiger partial charge on any atom is -0.481 e. The number of aliphatic carboxylic acids is 1. The molecule has 0 amide bonds. The van der Waals surface area contributed by atoms with Crippen LogP contribution in [-0.4, -0.2) is 44.7 Å². The molecule has 0 aliphatic heterocycles. The average molecular weight is 298 g/mol. The maximum atomic E-state index is 10.4. The SMILES string of the molecule is CC/C=C\C[C@@H]1[C@H](/C=C/C(O)CCC(=O)O)[C@@H](O)C[C@H]1O. The van der Waals surface area contributed by atoms with Gasteiger partial charge in [-0.2, -0.15) is 0 Å². The molecule has 0 aromatic rings. The van der Waals surface area contributed by atoms with Crippen LogP contribution in [0.4, 0.5) is 0 Å². The molecule has 120 valence electrons. The van der Waals surface area contributed by atoms with E-state index in [-0.39, 0.29) is 24.7 Å². The van der Waals surface area contributed by atoms with Gasteiger partial charge in [0.1, 0.15) is 0 Å². The van der Waals surface area contributed by atoms with E-state index in [0.717, 1.165) is 6.42 Å². The highest BCUT2D eigenvalue weighted by Crippen LogP contribution is 2.36. The van der Waals surface area contributed by atoms with Crippen molar-refractivity contribution in [2.24, 2.45) is 11.8 Å². The summed E-state index contributed by atoms with van der Waals surface area (Å²) in [6.07, 6.45) is 7.29. The van der Waals surface area contributed by atoms with Gasteiger partial charge in [-0.25, -0.2) is 0 Å². The number of aliphatic hydroxyl groups is 3. The zero-order valence-corrected chi connectivity index (χ0v) is 12.4. The summed E-state index contributed by atoms with van der Waals surface area (Å²) in [6.45, 7) is 2.03. The number of carbonyl (C=O) groups is 1. The third kappa shape index (κ3) is 5.99. The average Bonchev–Trinajstić information content (AvgIpc) is 2.69. The lowest BCUT2D eigenvalue weighted by atomic mass is 9.89. The first-order chi connectivity index (χ1) is 9.95. The molecule has 0 heterocycles. The van der Waals surface area contributed by atoms with Gasteiger partial charge in [-0.3, -0.25) is 4.79 Å². The highest BCUT2D eigenvalue weighted by Gasteiger charge is 2.39. The summed E-state index contributed by atoms with van der Waals surface area (Å²) in [5.74, 6) is -1.21. The van der Waals surface area contributed by atoms with Gasteiger partial charge < -0.3 is 20.4 Å². The van der Waals surface area contributed by atoms with Gasteiger partial charge in [-0.15, -0.1) is 0 Å². The molecule has 0 radical (unpaired) electrons. The molecule has 1 unspecified atom stereocenters. The first-order valence-corrected chi connectivity index (χ1v) is 7.55. The highest BCUT2D eigenvalue weighted by atomic mass is 16.4. The highest BCUT2D eigenvalue weighted by molar-refractivity contribution is 5.66. The minimum atomic E-state index is -0.943. The number of rotatable bonds is 8. The molecule has 1 aliphatic rings. The second-order valence-electron chi connectivity index (χ2n) is 5.61. The van der Waals surface area contributed by atoms with Crippen LogP contribution in [0, 0.1) is 11.8 Å². The zero-order valence-electron chi connectivity index (χ0n) is 12.4. The van der Waals surface area contributed by atoms with Gasteiger partial charge in [0.05, 0.1) is 18.3 Å². The van der Waals surface area contributed by atoms with Crippen molar-refractivity contribution in [3.63, 3.8) is 0 Å². The molecule has 5 heteroatoms. The van der Waals surface area contributed by atoms with Crippen molar-refractivity contribution in [3.8, 4) is 0 Å². The molecule has 4 N–H and O–H groups in total. The second kappa shape index (κ2) is 8.97. The van der Waals surface area contributed by atoms with E-state index in [1.165, 1.54) is 6.08 Å². The molecule has 21 heavy (non-hydrogen) atoms. The third-order valence-corrected chi connectivity index (χ3v) is 3.94. The Balaban J connectivity index is 2.59. The van der Waals surface area contributed by atoms with Gasteiger partial charge in [0.25, 0.3) is 0 Å². The summed E-state index contributed by atoms with van der Waals surface area (Å²) in [4.78, 5) is 10.4. The molecule has 0 aromatic heterocycles. The Hall–Kier alpha value is -1.17. The predicted molar refractivity (Wildman–Crippen MR) is 79.7 cm³/mol. The Morgan fingerprint density at radius 1 is 1.29 bits per heavy atom.